The molecule has 0 N–H and O–H groups in total. The van der Waals surface area contributed by atoms with E-state index in [2.05, 4.69) is 5.10 Å². The lowest BCUT2D eigenvalue weighted by Crippen LogP contribution is -2.48. The Morgan fingerprint density at radius 1 is 1.19 bits per heavy atom. The van der Waals surface area contributed by atoms with Gasteiger partial charge in [-0.25, -0.2) is 13.6 Å². The third-order valence-electron chi connectivity index (χ3n) is 5.62. The number of fused-ring (bicyclic) bond motifs is 1. The number of esters is 2. The number of rotatable bonds is 8. The molecule has 1 atom stereocenters. The molecule has 2 heterocycles. The first-order valence-electron chi connectivity index (χ1n) is 11.8. The number of hydrogen-bond donors (Lipinski definition) is 0. The molecule has 1 aliphatic heterocycles. The second kappa shape index (κ2) is 11.8. The van der Waals surface area contributed by atoms with Crippen LogP contribution in [0.5, 0.6) is 0 Å². The molecule has 0 bridgehead atoms. The molecule has 0 saturated heterocycles. The zero-order valence-electron chi connectivity index (χ0n) is 21.0. The number of nitrogens with zero attached hydrogens (tertiary/aromatic N) is 3. The average molecular weight is 560 g/mol. The summed E-state index contributed by atoms with van der Waals surface area (Å²) in [5.41, 5.74) is 0.142. The van der Waals surface area contributed by atoms with Gasteiger partial charge in [0.2, 0.25) is 0 Å². The van der Waals surface area contributed by atoms with Crippen molar-refractivity contribution < 1.29 is 32.6 Å². The van der Waals surface area contributed by atoms with Gasteiger partial charge in [-0.1, -0.05) is 23.2 Å². The van der Waals surface area contributed by atoms with Gasteiger partial charge in [-0.3, -0.25) is 14.3 Å². The minimum absolute atomic E-state index is 0.0701. The normalized spacial score (nSPS) is 15.5. The third-order valence-corrected chi connectivity index (χ3v) is 6.36. The van der Waals surface area contributed by atoms with Crippen LogP contribution in [0.3, 0.4) is 0 Å². The summed E-state index contributed by atoms with van der Waals surface area (Å²) in [6.45, 7) is 6.88. The Morgan fingerprint density at radius 3 is 2.49 bits per heavy atom. The molecular weight excluding hydrogens is 531 g/mol. The van der Waals surface area contributed by atoms with Crippen LogP contribution in [0.4, 0.5) is 8.78 Å². The molecule has 0 aliphatic carbocycles. The summed E-state index contributed by atoms with van der Waals surface area (Å²) in [5, 5.41) is 4.74. The zero-order chi connectivity index (χ0) is 27.5. The number of aromatic nitrogens is 2. The van der Waals surface area contributed by atoms with Crippen LogP contribution in [0.2, 0.25) is 10.0 Å². The highest BCUT2D eigenvalue weighted by molar-refractivity contribution is 6.42. The molecule has 0 radical (unpaired) electrons. The van der Waals surface area contributed by atoms with E-state index in [9.17, 15) is 23.2 Å². The van der Waals surface area contributed by atoms with Crippen LogP contribution < -0.4 is 0 Å². The van der Waals surface area contributed by atoms with Crippen molar-refractivity contribution in [3.05, 3.63) is 50.8 Å². The Hall–Kier alpha value is -2.72. The van der Waals surface area contributed by atoms with Gasteiger partial charge in [-0.15, -0.1) is 0 Å². The quantitative estimate of drug-likeness (QED) is 0.406. The first-order valence-corrected chi connectivity index (χ1v) is 12.6. The number of carbonyl (C=O) groups excluding carboxylic acids is 3. The molecule has 1 aliphatic rings. The van der Waals surface area contributed by atoms with Crippen molar-refractivity contribution >= 4 is 41.0 Å². The molecular formula is C25H29Cl2F2N3O5. The third kappa shape index (κ3) is 6.98. The summed E-state index contributed by atoms with van der Waals surface area (Å²) in [4.78, 5) is 39.2. The van der Waals surface area contributed by atoms with Gasteiger partial charge in [-0.05, 0) is 52.3 Å². The summed E-state index contributed by atoms with van der Waals surface area (Å²) in [7, 11) is 0. The highest BCUT2D eigenvalue weighted by Gasteiger charge is 2.40. The van der Waals surface area contributed by atoms with E-state index in [0.29, 0.717) is 12.0 Å². The standard InChI is InChI=1S/C25H29Cl2F2N3O5/c1-5-36-24(35)21-15-13-31(23(34)14-8-9-16(26)17(27)11-14)19(22(28)29)12-18(15)30-32(21)10-6-7-20(33)37-25(2,3)4/h8-9,11,19,22H,5-7,10,12-13H2,1-4H3. The molecule has 12 heteroatoms. The van der Waals surface area contributed by atoms with E-state index in [1.54, 1.807) is 27.7 Å². The van der Waals surface area contributed by atoms with Crippen LogP contribution in [-0.4, -0.2) is 57.2 Å². The van der Waals surface area contributed by atoms with Crippen LogP contribution in [0.25, 0.3) is 0 Å². The van der Waals surface area contributed by atoms with E-state index in [-0.39, 0.29) is 59.5 Å². The van der Waals surface area contributed by atoms with Crippen LogP contribution in [0, 0.1) is 0 Å². The van der Waals surface area contributed by atoms with Crippen molar-refractivity contribution in [2.24, 2.45) is 0 Å². The van der Waals surface area contributed by atoms with Crippen LogP contribution in [0.1, 0.15) is 72.6 Å². The highest BCUT2D eigenvalue weighted by Crippen LogP contribution is 2.32. The summed E-state index contributed by atoms with van der Waals surface area (Å²) in [5.74, 6) is -1.77. The van der Waals surface area contributed by atoms with Gasteiger partial charge < -0.3 is 14.4 Å². The molecule has 8 nitrogen and oxygen atoms in total. The molecule has 1 amide bonds. The predicted molar refractivity (Wildman–Crippen MR) is 133 cm³/mol. The Labute approximate surface area is 223 Å². The molecule has 1 unspecified atom stereocenters. The fraction of sp³-hybridized carbons (Fsp3) is 0.520. The van der Waals surface area contributed by atoms with Crippen LogP contribution in [-0.2, 0) is 33.8 Å². The number of benzene rings is 1. The van der Waals surface area contributed by atoms with Crippen molar-refractivity contribution in [3.8, 4) is 0 Å². The Balaban J connectivity index is 1.92. The van der Waals surface area contributed by atoms with Crippen molar-refractivity contribution in [3.63, 3.8) is 0 Å². The summed E-state index contributed by atoms with van der Waals surface area (Å²) >= 11 is 12.0. The summed E-state index contributed by atoms with van der Waals surface area (Å²) in [6, 6.07) is 2.67. The van der Waals surface area contributed by atoms with Gasteiger partial charge in [0.05, 0.1) is 34.9 Å². The minimum atomic E-state index is -2.86. The fourth-order valence-electron chi connectivity index (χ4n) is 4.07. The minimum Gasteiger partial charge on any atom is -0.461 e. The van der Waals surface area contributed by atoms with E-state index < -0.39 is 35.9 Å². The number of carbonyl (C=O) groups is 3. The van der Waals surface area contributed by atoms with Gasteiger partial charge in [0.1, 0.15) is 5.60 Å². The first kappa shape index (κ1) is 28.8. The lowest BCUT2D eigenvalue weighted by Gasteiger charge is -2.35. The maximum atomic E-state index is 14.1. The van der Waals surface area contributed by atoms with Gasteiger partial charge in [0.15, 0.2) is 5.69 Å². The second-order valence-corrected chi connectivity index (χ2v) is 10.4. The number of aryl methyl sites for hydroxylation is 1. The van der Waals surface area contributed by atoms with Gasteiger partial charge in [-0.2, -0.15) is 5.10 Å². The lowest BCUT2D eigenvalue weighted by molar-refractivity contribution is -0.154. The number of amides is 1. The van der Waals surface area contributed by atoms with Crippen LogP contribution in [0.15, 0.2) is 18.2 Å². The van der Waals surface area contributed by atoms with Crippen molar-refractivity contribution in [2.45, 2.75) is 78.1 Å². The molecule has 1 aromatic heterocycles. The Morgan fingerprint density at radius 2 is 1.89 bits per heavy atom. The topological polar surface area (TPSA) is 90.7 Å². The number of hydrogen-bond acceptors (Lipinski definition) is 6. The largest absolute Gasteiger partial charge is 0.461 e. The van der Waals surface area contributed by atoms with E-state index in [1.807, 2.05) is 0 Å². The van der Waals surface area contributed by atoms with Gasteiger partial charge in [0, 0.05) is 30.5 Å². The fourth-order valence-corrected chi connectivity index (χ4v) is 4.37. The van der Waals surface area contributed by atoms with Crippen LogP contribution >= 0.6 is 23.2 Å². The lowest BCUT2D eigenvalue weighted by atomic mass is 9.97. The maximum Gasteiger partial charge on any atom is 0.356 e. The van der Waals surface area contributed by atoms with E-state index >= 15 is 0 Å². The molecule has 3 rings (SSSR count). The van der Waals surface area contributed by atoms with E-state index in [1.165, 1.54) is 22.9 Å². The van der Waals surface area contributed by atoms with Crippen molar-refractivity contribution in [1.82, 2.24) is 14.7 Å². The summed E-state index contributed by atoms with van der Waals surface area (Å²) in [6.07, 6.45) is -2.74. The second-order valence-electron chi connectivity index (χ2n) is 9.58. The number of halogens is 4. The molecule has 0 spiro atoms. The van der Waals surface area contributed by atoms with Crippen molar-refractivity contribution in [2.75, 3.05) is 6.61 Å². The number of alkyl halides is 2. The van der Waals surface area contributed by atoms with Gasteiger partial charge >= 0.3 is 11.9 Å². The zero-order valence-corrected chi connectivity index (χ0v) is 22.5. The highest BCUT2D eigenvalue weighted by atomic mass is 35.5. The Bertz CT molecular complexity index is 1180. The van der Waals surface area contributed by atoms with Crippen molar-refractivity contribution in [1.29, 1.82) is 0 Å². The van der Waals surface area contributed by atoms with E-state index in [0.717, 1.165) is 4.90 Å². The van der Waals surface area contributed by atoms with E-state index in [4.69, 9.17) is 32.7 Å². The monoisotopic (exact) mass is 559 g/mol. The average Bonchev–Trinajstić information content (AvgIpc) is 3.15. The molecule has 0 fully saturated rings. The molecule has 1 aromatic carbocycles. The first-order chi connectivity index (χ1) is 17.3. The molecule has 37 heavy (non-hydrogen) atoms. The SMILES string of the molecule is CCOC(=O)c1c2c(nn1CCCC(=O)OC(C)(C)C)CC(C(F)F)N(C(=O)c1ccc(Cl)c(Cl)c1)C2. The predicted octanol–water partition coefficient (Wildman–Crippen LogP) is 5.32. The molecule has 202 valence electrons. The Kier molecular flexibility index (Phi) is 9.18. The van der Waals surface area contributed by atoms with Gasteiger partial charge in [0.25, 0.3) is 12.3 Å². The number of ether oxygens (including phenoxy) is 2. The maximum absolute atomic E-state index is 14.1. The smallest absolute Gasteiger partial charge is 0.356 e. The summed E-state index contributed by atoms with van der Waals surface area (Å²) < 4.78 is 40.0. The molecule has 2 aromatic rings. The molecule has 0 saturated carbocycles.